The highest BCUT2D eigenvalue weighted by atomic mass is 32.2. The Morgan fingerprint density at radius 2 is 2.20 bits per heavy atom. The molecule has 0 fully saturated rings. The Morgan fingerprint density at radius 1 is 1.40 bits per heavy atom. The lowest BCUT2D eigenvalue weighted by atomic mass is 10.4. The number of pyridine rings is 1. The lowest BCUT2D eigenvalue weighted by Crippen LogP contribution is -2.08. The van der Waals surface area contributed by atoms with E-state index in [-0.39, 0.29) is 5.56 Å². The average Bonchev–Trinajstić information content (AvgIpc) is 2.38. The van der Waals surface area contributed by atoms with Crippen LogP contribution in [0.2, 0.25) is 0 Å². The molecule has 7 heteroatoms. The van der Waals surface area contributed by atoms with Gasteiger partial charge in [0.2, 0.25) is 5.88 Å². The van der Waals surface area contributed by atoms with Crippen molar-refractivity contribution in [2.75, 3.05) is 12.3 Å². The molecule has 0 radical (unpaired) electrons. The minimum absolute atomic E-state index is 0.182. The van der Waals surface area contributed by atoms with Crippen molar-refractivity contribution in [1.82, 2.24) is 15.0 Å². The van der Waals surface area contributed by atoms with Crippen molar-refractivity contribution in [3.63, 3.8) is 0 Å². The molecule has 106 valence electrons. The van der Waals surface area contributed by atoms with Crippen LogP contribution in [0.25, 0.3) is 0 Å². The van der Waals surface area contributed by atoms with E-state index in [2.05, 4.69) is 15.0 Å². The Bertz CT molecular complexity index is 657. The molecule has 2 aromatic heterocycles. The molecule has 0 saturated heterocycles. The molecule has 0 aliphatic carbocycles. The van der Waals surface area contributed by atoms with Gasteiger partial charge >= 0.3 is 0 Å². The minimum Gasteiger partial charge on any atom is -0.476 e. The first-order valence-corrected chi connectivity index (χ1v) is 7.05. The van der Waals surface area contributed by atoms with E-state index in [0.29, 0.717) is 34.1 Å². The molecule has 0 spiro atoms. The van der Waals surface area contributed by atoms with E-state index in [1.807, 2.05) is 6.92 Å². The number of aromatic amines is 1. The number of nitrogens with one attached hydrogen (secondary N) is 1. The van der Waals surface area contributed by atoms with Crippen LogP contribution in [0, 0.1) is 6.92 Å². The van der Waals surface area contributed by atoms with E-state index in [1.54, 1.807) is 19.1 Å². The molecular weight excluding hydrogens is 276 g/mol. The molecule has 6 nitrogen and oxygen atoms in total. The second kappa shape index (κ2) is 6.42. The molecule has 3 N–H and O–H groups in total. The molecule has 0 aliphatic rings. The maximum Gasteiger partial charge on any atom is 0.251 e. The minimum atomic E-state index is -0.182. The summed E-state index contributed by atoms with van der Waals surface area (Å²) in [5.74, 6) is 0.409. The summed E-state index contributed by atoms with van der Waals surface area (Å²) < 4.78 is 5.47. The third kappa shape index (κ3) is 3.74. The zero-order valence-corrected chi connectivity index (χ0v) is 12.2. The normalized spacial score (nSPS) is 10.5. The van der Waals surface area contributed by atoms with Crippen molar-refractivity contribution in [2.45, 2.75) is 30.5 Å². The number of rotatable bonds is 5. The summed E-state index contributed by atoms with van der Waals surface area (Å²) in [5.41, 5.74) is 6.77. The highest BCUT2D eigenvalue weighted by Crippen LogP contribution is 2.27. The van der Waals surface area contributed by atoms with E-state index in [1.165, 1.54) is 17.8 Å². The summed E-state index contributed by atoms with van der Waals surface area (Å²) in [7, 11) is 0. The standard InChI is InChI=1S/C13H16N4O2S/c1-3-6-19-12-9(14)4-5-11(17-12)20-13-15-8(2)7-10(18)16-13/h4-5,7H,3,6,14H2,1-2H3,(H,15,16,18). The zero-order valence-electron chi connectivity index (χ0n) is 11.3. The quantitative estimate of drug-likeness (QED) is 0.819. The molecule has 0 aliphatic heterocycles. The molecule has 0 bridgehead atoms. The number of nitrogen functional groups attached to an aromatic ring is 1. The van der Waals surface area contributed by atoms with E-state index in [9.17, 15) is 4.79 Å². The SMILES string of the molecule is CCCOc1nc(Sc2nc(C)cc(=O)[nH]2)ccc1N. The third-order valence-electron chi connectivity index (χ3n) is 2.36. The van der Waals surface area contributed by atoms with Crippen LogP contribution in [-0.2, 0) is 0 Å². The third-order valence-corrected chi connectivity index (χ3v) is 3.18. The van der Waals surface area contributed by atoms with Crippen molar-refractivity contribution in [1.29, 1.82) is 0 Å². The summed E-state index contributed by atoms with van der Waals surface area (Å²) in [6.07, 6.45) is 0.880. The molecule has 0 unspecified atom stereocenters. The van der Waals surface area contributed by atoms with E-state index >= 15 is 0 Å². The maximum atomic E-state index is 11.4. The number of hydrogen-bond acceptors (Lipinski definition) is 6. The summed E-state index contributed by atoms with van der Waals surface area (Å²) in [5, 5.41) is 1.16. The van der Waals surface area contributed by atoms with Crippen LogP contribution in [0.4, 0.5) is 5.69 Å². The van der Waals surface area contributed by atoms with Gasteiger partial charge in [0.1, 0.15) is 5.03 Å². The van der Waals surface area contributed by atoms with E-state index in [4.69, 9.17) is 10.5 Å². The number of anilines is 1. The number of aromatic nitrogens is 3. The smallest absolute Gasteiger partial charge is 0.251 e. The number of nitrogens with two attached hydrogens (primary N) is 1. The predicted octanol–water partition coefficient (Wildman–Crippen LogP) is 2.00. The van der Waals surface area contributed by atoms with Gasteiger partial charge < -0.3 is 15.5 Å². The number of H-pyrrole nitrogens is 1. The van der Waals surface area contributed by atoms with Gasteiger partial charge in [0.15, 0.2) is 5.16 Å². The van der Waals surface area contributed by atoms with Gasteiger partial charge in [0.05, 0.1) is 12.3 Å². The Hall–Kier alpha value is -2.02. The van der Waals surface area contributed by atoms with Crippen LogP contribution in [0.5, 0.6) is 5.88 Å². The molecule has 0 saturated carbocycles. The first-order valence-electron chi connectivity index (χ1n) is 6.23. The lowest BCUT2D eigenvalue weighted by molar-refractivity contribution is 0.305. The highest BCUT2D eigenvalue weighted by molar-refractivity contribution is 7.99. The van der Waals surface area contributed by atoms with Gasteiger partial charge in [-0.1, -0.05) is 6.92 Å². The van der Waals surface area contributed by atoms with Crippen molar-refractivity contribution in [2.24, 2.45) is 0 Å². The van der Waals surface area contributed by atoms with Crippen LogP contribution in [-0.4, -0.2) is 21.6 Å². The first kappa shape index (κ1) is 14.4. The van der Waals surface area contributed by atoms with E-state index < -0.39 is 0 Å². The Balaban J connectivity index is 2.22. The summed E-state index contributed by atoms with van der Waals surface area (Å²) >= 11 is 1.26. The van der Waals surface area contributed by atoms with Crippen LogP contribution < -0.4 is 16.0 Å². The predicted molar refractivity (Wildman–Crippen MR) is 78.2 cm³/mol. The zero-order chi connectivity index (χ0) is 14.5. The Kier molecular flexibility index (Phi) is 4.62. The van der Waals surface area contributed by atoms with Crippen LogP contribution in [0.1, 0.15) is 19.0 Å². The van der Waals surface area contributed by atoms with Gasteiger partial charge in [-0.3, -0.25) is 4.79 Å². The van der Waals surface area contributed by atoms with Gasteiger partial charge in [0, 0.05) is 11.8 Å². The van der Waals surface area contributed by atoms with Crippen molar-refractivity contribution < 1.29 is 4.74 Å². The largest absolute Gasteiger partial charge is 0.476 e. The van der Waals surface area contributed by atoms with Gasteiger partial charge in [-0.15, -0.1) is 0 Å². The van der Waals surface area contributed by atoms with Gasteiger partial charge in [-0.05, 0) is 37.2 Å². The number of hydrogen-bond donors (Lipinski definition) is 2. The fourth-order valence-electron chi connectivity index (χ4n) is 1.50. The molecule has 2 heterocycles. The lowest BCUT2D eigenvalue weighted by Gasteiger charge is -2.08. The Labute approximate surface area is 120 Å². The molecule has 2 rings (SSSR count). The Morgan fingerprint density at radius 3 is 2.90 bits per heavy atom. The highest BCUT2D eigenvalue weighted by Gasteiger charge is 2.07. The molecule has 20 heavy (non-hydrogen) atoms. The van der Waals surface area contributed by atoms with E-state index in [0.717, 1.165) is 6.42 Å². The van der Waals surface area contributed by atoms with Gasteiger partial charge in [0.25, 0.3) is 5.56 Å². The molecule has 0 aromatic carbocycles. The van der Waals surface area contributed by atoms with Gasteiger partial charge in [-0.25, -0.2) is 9.97 Å². The molecule has 0 amide bonds. The summed E-state index contributed by atoms with van der Waals surface area (Å²) in [6, 6.07) is 4.94. The van der Waals surface area contributed by atoms with Gasteiger partial charge in [-0.2, -0.15) is 0 Å². The fraction of sp³-hybridized carbons (Fsp3) is 0.308. The van der Waals surface area contributed by atoms with Crippen LogP contribution in [0.15, 0.2) is 33.2 Å². The number of nitrogens with zero attached hydrogens (tertiary/aromatic N) is 2. The van der Waals surface area contributed by atoms with Crippen LogP contribution in [0.3, 0.4) is 0 Å². The summed E-state index contributed by atoms with van der Waals surface area (Å²) in [4.78, 5) is 22.6. The van der Waals surface area contributed by atoms with Crippen molar-refractivity contribution in [3.05, 3.63) is 34.2 Å². The van der Waals surface area contributed by atoms with Crippen LogP contribution >= 0.6 is 11.8 Å². The molecule has 2 aromatic rings. The number of aryl methyl sites for hydroxylation is 1. The molecule has 0 atom stereocenters. The topological polar surface area (TPSA) is 93.9 Å². The first-order chi connectivity index (χ1) is 9.58. The maximum absolute atomic E-state index is 11.4. The number of ether oxygens (including phenoxy) is 1. The summed E-state index contributed by atoms with van der Waals surface area (Å²) in [6.45, 7) is 4.34. The second-order valence-corrected chi connectivity index (χ2v) is 5.20. The van der Waals surface area contributed by atoms with Crippen molar-refractivity contribution >= 4 is 17.4 Å². The monoisotopic (exact) mass is 292 g/mol. The molecular formula is C13H16N4O2S. The fourth-order valence-corrected chi connectivity index (χ4v) is 2.31. The van der Waals surface area contributed by atoms with Crippen molar-refractivity contribution in [3.8, 4) is 5.88 Å². The average molecular weight is 292 g/mol. The second-order valence-electron chi connectivity index (χ2n) is 4.19.